The smallest absolute Gasteiger partial charge is 0.0935 e. The number of nitrogens with one attached hydrogen (secondary N) is 1. The standard InChI is InChI=1S/C10H14N2O/c1-8-5-11-3-2-9(8)4-10(13)6-12-7-10/h2-3,5,12-13H,4,6-7H2,1H3. The number of nitrogens with zero attached hydrogens (tertiary/aromatic N) is 1. The third kappa shape index (κ3) is 1.71. The van der Waals surface area contributed by atoms with Crippen molar-refractivity contribution in [3.05, 3.63) is 29.6 Å². The third-order valence-corrected chi connectivity index (χ3v) is 2.56. The van der Waals surface area contributed by atoms with E-state index in [1.54, 1.807) is 6.20 Å². The van der Waals surface area contributed by atoms with E-state index in [1.807, 2.05) is 19.2 Å². The maximum Gasteiger partial charge on any atom is 0.0935 e. The summed E-state index contributed by atoms with van der Waals surface area (Å²) in [5, 5.41) is 13.0. The van der Waals surface area contributed by atoms with Gasteiger partial charge in [0.05, 0.1) is 5.60 Å². The van der Waals surface area contributed by atoms with Gasteiger partial charge < -0.3 is 10.4 Å². The van der Waals surface area contributed by atoms with Gasteiger partial charge in [-0.05, 0) is 24.1 Å². The molecule has 1 aromatic rings. The van der Waals surface area contributed by atoms with Crippen LogP contribution in [0.5, 0.6) is 0 Å². The molecule has 0 saturated carbocycles. The molecule has 70 valence electrons. The van der Waals surface area contributed by atoms with Crippen molar-refractivity contribution in [3.63, 3.8) is 0 Å². The summed E-state index contributed by atoms with van der Waals surface area (Å²) in [6, 6.07) is 1.98. The van der Waals surface area contributed by atoms with Crippen molar-refractivity contribution in [1.82, 2.24) is 10.3 Å². The summed E-state index contributed by atoms with van der Waals surface area (Å²) < 4.78 is 0. The molecule has 1 aliphatic rings. The number of pyridine rings is 1. The van der Waals surface area contributed by atoms with Gasteiger partial charge in [-0.3, -0.25) is 4.98 Å². The van der Waals surface area contributed by atoms with Gasteiger partial charge in [0, 0.05) is 31.9 Å². The molecule has 0 amide bonds. The Kier molecular flexibility index (Phi) is 2.06. The summed E-state index contributed by atoms with van der Waals surface area (Å²) in [5.74, 6) is 0. The molecule has 0 radical (unpaired) electrons. The van der Waals surface area contributed by atoms with E-state index in [0.29, 0.717) is 13.1 Å². The van der Waals surface area contributed by atoms with Crippen LogP contribution in [-0.2, 0) is 6.42 Å². The monoisotopic (exact) mass is 178 g/mol. The van der Waals surface area contributed by atoms with Crippen molar-refractivity contribution in [2.45, 2.75) is 18.9 Å². The Balaban J connectivity index is 2.13. The van der Waals surface area contributed by atoms with Crippen LogP contribution in [0.15, 0.2) is 18.5 Å². The topological polar surface area (TPSA) is 45.2 Å². The van der Waals surface area contributed by atoms with E-state index in [1.165, 1.54) is 5.56 Å². The second kappa shape index (κ2) is 3.09. The Morgan fingerprint density at radius 3 is 2.92 bits per heavy atom. The van der Waals surface area contributed by atoms with E-state index in [0.717, 1.165) is 12.0 Å². The SMILES string of the molecule is Cc1cnccc1CC1(O)CNC1. The first-order valence-electron chi connectivity index (χ1n) is 4.52. The zero-order valence-corrected chi connectivity index (χ0v) is 7.75. The minimum absolute atomic E-state index is 0.522. The summed E-state index contributed by atoms with van der Waals surface area (Å²) in [5.41, 5.74) is 1.83. The highest BCUT2D eigenvalue weighted by Gasteiger charge is 2.34. The Morgan fingerprint density at radius 1 is 1.62 bits per heavy atom. The molecular weight excluding hydrogens is 164 g/mol. The summed E-state index contributed by atoms with van der Waals surface area (Å²) in [4.78, 5) is 4.02. The number of aliphatic hydroxyl groups is 1. The molecule has 3 nitrogen and oxygen atoms in total. The van der Waals surface area contributed by atoms with Crippen LogP contribution in [0.1, 0.15) is 11.1 Å². The van der Waals surface area contributed by atoms with Crippen molar-refractivity contribution in [3.8, 4) is 0 Å². The lowest BCUT2D eigenvalue weighted by molar-refractivity contribution is -0.00915. The third-order valence-electron chi connectivity index (χ3n) is 2.56. The zero-order valence-electron chi connectivity index (χ0n) is 7.75. The quantitative estimate of drug-likeness (QED) is 0.683. The van der Waals surface area contributed by atoms with Crippen LogP contribution in [0.3, 0.4) is 0 Å². The van der Waals surface area contributed by atoms with Gasteiger partial charge in [-0.15, -0.1) is 0 Å². The molecule has 1 fully saturated rings. The predicted molar refractivity (Wildman–Crippen MR) is 50.5 cm³/mol. The van der Waals surface area contributed by atoms with Gasteiger partial charge in [0.15, 0.2) is 0 Å². The van der Waals surface area contributed by atoms with Gasteiger partial charge in [0.2, 0.25) is 0 Å². The number of aryl methyl sites for hydroxylation is 1. The molecule has 1 aliphatic heterocycles. The van der Waals surface area contributed by atoms with Crippen LogP contribution in [0.25, 0.3) is 0 Å². The first kappa shape index (κ1) is 8.66. The maximum absolute atomic E-state index is 9.90. The van der Waals surface area contributed by atoms with Gasteiger partial charge in [-0.25, -0.2) is 0 Å². The molecule has 0 aromatic carbocycles. The fraction of sp³-hybridized carbons (Fsp3) is 0.500. The highest BCUT2D eigenvalue weighted by atomic mass is 16.3. The highest BCUT2D eigenvalue weighted by Crippen LogP contribution is 2.19. The predicted octanol–water partition coefficient (Wildman–Crippen LogP) is 0.267. The van der Waals surface area contributed by atoms with Gasteiger partial charge in [-0.1, -0.05) is 0 Å². The molecule has 2 N–H and O–H groups in total. The van der Waals surface area contributed by atoms with Gasteiger partial charge >= 0.3 is 0 Å². The lowest BCUT2D eigenvalue weighted by Gasteiger charge is -2.38. The highest BCUT2D eigenvalue weighted by molar-refractivity contribution is 5.24. The first-order valence-corrected chi connectivity index (χ1v) is 4.52. The van der Waals surface area contributed by atoms with Crippen LogP contribution in [0, 0.1) is 6.92 Å². The largest absolute Gasteiger partial charge is 0.387 e. The first-order chi connectivity index (χ1) is 6.20. The number of hydrogen-bond donors (Lipinski definition) is 2. The van der Waals surface area contributed by atoms with Gasteiger partial charge in [-0.2, -0.15) is 0 Å². The molecule has 1 saturated heterocycles. The summed E-state index contributed by atoms with van der Waals surface area (Å²) in [6.45, 7) is 3.43. The molecule has 0 aliphatic carbocycles. The van der Waals surface area contributed by atoms with Crippen molar-refractivity contribution in [1.29, 1.82) is 0 Å². The molecule has 1 aromatic heterocycles. The molecule has 2 heterocycles. The minimum atomic E-state index is -0.522. The number of hydrogen-bond acceptors (Lipinski definition) is 3. The van der Waals surface area contributed by atoms with Crippen LogP contribution in [-0.4, -0.2) is 28.8 Å². The van der Waals surface area contributed by atoms with E-state index in [9.17, 15) is 5.11 Å². The van der Waals surface area contributed by atoms with Crippen molar-refractivity contribution in [2.75, 3.05) is 13.1 Å². The van der Waals surface area contributed by atoms with Gasteiger partial charge in [0.1, 0.15) is 0 Å². The number of aromatic nitrogens is 1. The molecule has 13 heavy (non-hydrogen) atoms. The number of β-amino-alcohol motifs (C(OH)–C–C–N with tert-alkyl or cyclic N) is 1. The fourth-order valence-electron chi connectivity index (χ4n) is 1.59. The van der Waals surface area contributed by atoms with E-state index in [4.69, 9.17) is 0 Å². The molecule has 2 rings (SSSR count). The van der Waals surface area contributed by atoms with E-state index in [2.05, 4.69) is 10.3 Å². The Bertz CT molecular complexity index is 308. The lowest BCUT2D eigenvalue weighted by Crippen LogP contribution is -2.60. The van der Waals surface area contributed by atoms with E-state index < -0.39 is 5.60 Å². The maximum atomic E-state index is 9.90. The molecule has 0 bridgehead atoms. The van der Waals surface area contributed by atoms with Crippen molar-refractivity contribution in [2.24, 2.45) is 0 Å². The van der Waals surface area contributed by atoms with E-state index >= 15 is 0 Å². The average Bonchev–Trinajstić information content (AvgIpc) is 2.06. The second-order valence-electron chi connectivity index (χ2n) is 3.81. The van der Waals surface area contributed by atoms with Crippen molar-refractivity contribution >= 4 is 0 Å². The minimum Gasteiger partial charge on any atom is -0.387 e. The van der Waals surface area contributed by atoms with Crippen LogP contribution in [0.2, 0.25) is 0 Å². The van der Waals surface area contributed by atoms with Crippen LogP contribution < -0.4 is 5.32 Å². The molecule has 0 atom stereocenters. The van der Waals surface area contributed by atoms with Crippen LogP contribution in [0.4, 0.5) is 0 Å². The summed E-state index contributed by atoms with van der Waals surface area (Å²) >= 11 is 0. The van der Waals surface area contributed by atoms with Crippen LogP contribution >= 0.6 is 0 Å². The van der Waals surface area contributed by atoms with Gasteiger partial charge in [0.25, 0.3) is 0 Å². The Labute approximate surface area is 77.8 Å². The normalized spacial score (nSPS) is 19.5. The molecular formula is C10H14N2O. The lowest BCUT2D eigenvalue weighted by atomic mass is 9.88. The van der Waals surface area contributed by atoms with Crippen molar-refractivity contribution < 1.29 is 5.11 Å². The summed E-state index contributed by atoms with van der Waals surface area (Å²) in [6.07, 6.45) is 4.34. The second-order valence-corrected chi connectivity index (χ2v) is 3.81. The number of rotatable bonds is 2. The fourth-order valence-corrected chi connectivity index (χ4v) is 1.59. The van der Waals surface area contributed by atoms with E-state index in [-0.39, 0.29) is 0 Å². The average molecular weight is 178 g/mol. The summed E-state index contributed by atoms with van der Waals surface area (Å²) in [7, 11) is 0. The Hall–Kier alpha value is -0.930. The molecule has 0 spiro atoms. The Morgan fingerprint density at radius 2 is 2.38 bits per heavy atom. The zero-order chi connectivity index (χ0) is 9.31. The molecule has 0 unspecified atom stereocenters. The molecule has 3 heteroatoms.